The van der Waals surface area contributed by atoms with Gasteiger partial charge in [-0.2, -0.15) is 15.0 Å². The molecule has 18 heavy (non-hydrogen) atoms. The Morgan fingerprint density at radius 2 is 2.00 bits per heavy atom. The molecule has 0 saturated heterocycles. The van der Waals surface area contributed by atoms with E-state index in [-0.39, 0.29) is 17.9 Å². The summed E-state index contributed by atoms with van der Waals surface area (Å²) in [5, 5.41) is 8.83. The number of halogens is 1. The summed E-state index contributed by atoms with van der Waals surface area (Å²) in [6.45, 7) is 3.37. The van der Waals surface area contributed by atoms with Crippen LogP contribution in [0.4, 0.5) is 5.95 Å². The van der Waals surface area contributed by atoms with E-state index < -0.39 is 0 Å². The molecule has 0 aliphatic rings. The zero-order valence-electron chi connectivity index (χ0n) is 10.8. The Balaban J connectivity index is 2.58. The van der Waals surface area contributed by atoms with E-state index in [4.69, 9.17) is 21.4 Å². The number of rotatable bonds is 8. The molecule has 0 aliphatic carbocycles. The number of hydrogen-bond acceptors (Lipinski definition) is 6. The maximum Gasteiger partial charge on any atom is 0.322 e. The lowest BCUT2D eigenvalue weighted by Crippen LogP contribution is -2.21. The highest BCUT2D eigenvalue weighted by Crippen LogP contribution is 2.14. The maximum absolute atomic E-state index is 8.70. The highest BCUT2D eigenvalue weighted by molar-refractivity contribution is 6.28. The predicted octanol–water partition coefficient (Wildman–Crippen LogP) is 1.52. The molecule has 0 atom stereocenters. The fraction of sp³-hybridized carbons (Fsp3) is 0.727. The zero-order valence-corrected chi connectivity index (χ0v) is 11.5. The minimum Gasteiger partial charge on any atom is -0.464 e. The lowest BCUT2D eigenvalue weighted by atomic mass is 10.2. The third-order valence-electron chi connectivity index (χ3n) is 2.34. The van der Waals surface area contributed by atoms with Gasteiger partial charge >= 0.3 is 6.01 Å². The summed E-state index contributed by atoms with van der Waals surface area (Å²) in [6, 6.07) is 0.245. The quantitative estimate of drug-likeness (QED) is 0.725. The summed E-state index contributed by atoms with van der Waals surface area (Å²) in [5.41, 5.74) is 0. The van der Waals surface area contributed by atoms with Crippen molar-refractivity contribution in [2.45, 2.75) is 26.2 Å². The van der Waals surface area contributed by atoms with Crippen LogP contribution in [0.5, 0.6) is 6.01 Å². The summed E-state index contributed by atoms with van der Waals surface area (Å²) in [6.07, 6.45) is 2.75. The number of aliphatic hydroxyl groups is 1. The third kappa shape index (κ3) is 5.01. The summed E-state index contributed by atoms with van der Waals surface area (Å²) in [7, 11) is 1.89. The first kappa shape index (κ1) is 14.9. The molecule has 1 rings (SSSR count). The molecule has 1 heterocycles. The van der Waals surface area contributed by atoms with Crippen LogP contribution in [0.1, 0.15) is 26.2 Å². The first-order chi connectivity index (χ1) is 8.67. The molecule has 0 saturated carbocycles. The second kappa shape index (κ2) is 8.05. The fourth-order valence-electron chi connectivity index (χ4n) is 1.42. The van der Waals surface area contributed by atoms with Crippen LogP contribution >= 0.6 is 11.6 Å². The topological polar surface area (TPSA) is 71.4 Å². The van der Waals surface area contributed by atoms with Crippen LogP contribution in [0.15, 0.2) is 0 Å². The van der Waals surface area contributed by atoms with Gasteiger partial charge in [-0.3, -0.25) is 0 Å². The molecule has 1 N–H and O–H groups in total. The van der Waals surface area contributed by atoms with Crippen molar-refractivity contribution in [1.29, 1.82) is 0 Å². The fourth-order valence-corrected chi connectivity index (χ4v) is 1.57. The first-order valence-corrected chi connectivity index (χ1v) is 6.41. The first-order valence-electron chi connectivity index (χ1n) is 6.03. The van der Waals surface area contributed by atoms with Crippen molar-refractivity contribution in [2.24, 2.45) is 0 Å². The smallest absolute Gasteiger partial charge is 0.322 e. The number of hydrogen-bond donors (Lipinski definition) is 1. The minimum atomic E-state index is 0.130. The van der Waals surface area contributed by atoms with Gasteiger partial charge < -0.3 is 14.7 Å². The molecule has 6 nitrogen and oxygen atoms in total. The summed E-state index contributed by atoms with van der Waals surface area (Å²) < 4.78 is 5.21. The molecule has 7 heteroatoms. The van der Waals surface area contributed by atoms with Crippen molar-refractivity contribution < 1.29 is 9.84 Å². The van der Waals surface area contributed by atoms with Crippen LogP contribution in [0.3, 0.4) is 0 Å². The summed E-state index contributed by atoms with van der Waals surface area (Å²) >= 11 is 5.81. The van der Waals surface area contributed by atoms with Crippen molar-refractivity contribution in [3.8, 4) is 6.01 Å². The van der Waals surface area contributed by atoms with Gasteiger partial charge in [0.1, 0.15) is 0 Å². The van der Waals surface area contributed by atoms with Crippen LogP contribution in [0, 0.1) is 0 Å². The van der Waals surface area contributed by atoms with Crippen molar-refractivity contribution in [2.75, 3.05) is 31.7 Å². The number of anilines is 1. The number of aromatic nitrogens is 3. The normalized spacial score (nSPS) is 10.4. The van der Waals surface area contributed by atoms with Gasteiger partial charge in [-0.25, -0.2) is 0 Å². The molecule has 102 valence electrons. The Labute approximate surface area is 112 Å². The average molecular weight is 275 g/mol. The Bertz CT molecular complexity index is 365. The van der Waals surface area contributed by atoms with Crippen LogP contribution in [0.2, 0.25) is 5.28 Å². The standard InChI is InChI=1S/C11H19ClN4O2/c1-3-18-11-14-9(12)13-10(15-11)16(2)7-5-4-6-8-17/h17H,3-8H2,1-2H3. The van der Waals surface area contributed by atoms with E-state index in [1.54, 1.807) is 0 Å². The van der Waals surface area contributed by atoms with Gasteiger partial charge in [0.2, 0.25) is 11.2 Å². The maximum atomic E-state index is 8.70. The highest BCUT2D eigenvalue weighted by Gasteiger charge is 2.09. The number of nitrogens with zero attached hydrogens (tertiary/aromatic N) is 4. The van der Waals surface area contributed by atoms with Crippen LogP contribution in [-0.2, 0) is 0 Å². The largest absolute Gasteiger partial charge is 0.464 e. The second-order valence-electron chi connectivity index (χ2n) is 3.83. The highest BCUT2D eigenvalue weighted by atomic mass is 35.5. The molecule has 0 radical (unpaired) electrons. The van der Waals surface area contributed by atoms with Gasteiger partial charge in [0.05, 0.1) is 6.61 Å². The molecule has 1 aromatic heterocycles. The van der Waals surface area contributed by atoms with Gasteiger partial charge in [-0.05, 0) is 37.8 Å². The van der Waals surface area contributed by atoms with E-state index in [9.17, 15) is 0 Å². The molecule has 0 aliphatic heterocycles. The number of unbranched alkanes of at least 4 members (excludes halogenated alkanes) is 2. The van der Waals surface area contributed by atoms with Crippen molar-refractivity contribution in [3.63, 3.8) is 0 Å². The molecule has 0 unspecified atom stereocenters. The molecular formula is C11H19ClN4O2. The number of ether oxygens (including phenoxy) is 1. The lowest BCUT2D eigenvalue weighted by Gasteiger charge is -2.17. The van der Waals surface area contributed by atoms with E-state index in [1.807, 2.05) is 18.9 Å². The second-order valence-corrected chi connectivity index (χ2v) is 4.16. The van der Waals surface area contributed by atoms with E-state index >= 15 is 0 Å². The molecule has 1 aromatic rings. The van der Waals surface area contributed by atoms with Gasteiger partial charge in [-0.15, -0.1) is 0 Å². The Kier molecular flexibility index (Phi) is 6.67. The van der Waals surface area contributed by atoms with Crippen molar-refractivity contribution >= 4 is 17.5 Å². The summed E-state index contributed by atoms with van der Waals surface area (Å²) in [5.74, 6) is 0.502. The van der Waals surface area contributed by atoms with E-state index in [1.165, 1.54) is 0 Å². The lowest BCUT2D eigenvalue weighted by molar-refractivity contribution is 0.283. The van der Waals surface area contributed by atoms with Crippen molar-refractivity contribution in [1.82, 2.24) is 15.0 Å². The average Bonchev–Trinajstić information content (AvgIpc) is 2.34. The van der Waals surface area contributed by atoms with Crippen LogP contribution < -0.4 is 9.64 Å². The molecule has 0 bridgehead atoms. The van der Waals surface area contributed by atoms with E-state index in [2.05, 4.69) is 15.0 Å². The molecule has 0 amide bonds. The van der Waals surface area contributed by atoms with E-state index in [0.29, 0.717) is 12.6 Å². The third-order valence-corrected chi connectivity index (χ3v) is 2.51. The Hall–Kier alpha value is -1.14. The van der Waals surface area contributed by atoms with Crippen LogP contribution in [0.25, 0.3) is 0 Å². The SMILES string of the molecule is CCOc1nc(Cl)nc(N(C)CCCCCO)n1. The Morgan fingerprint density at radius 1 is 1.22 bits per heavy atom. The number of aliphatic hydroxyl groups excluding tert-OH is 1. The van der Waals surface area contributed by atoms with Crippen LogP contribution in [-0.4, -0.2) is 46.9 Å². The predicted molar refractivity (Wildman–Crippen MR) is 70.2 cm³/mol. The molecule has 0 aromatic carbocycles. The molecule has 0 fully saturated rings. The zero-order chi connectivity index (χ0) is 13.4. The Morgan fingerprint density at radius 3 is 2.67 bits per heavy atom. The minimum absolute atomic E-state index is 0.130. The van der Waals surface area contributed by atoms with Gasteiger partial charge in [-0.1, -0.05) is 0 Å². The molecule has 0 spiro atoms. The van der Waals surface area contributed by atoms with Crippen molar-refractivity contribution in [3.05, 3.63) is 5.28 Å². The summed E-state index contributed by atoms with van der Waals surface area (Å²) in [4.78, 5) is 14.0. The van der Waals surface area contributed by atoms with Gasteiger partial charge in [0, 0.05) is 20.2 Å². The van der Waals surface area contributed by atoms with Gasteiger partial charge in [0.25, 0.3) is 0 Å². The van der Waals surface area contributed by atoms with Gasteiger partial charge in [0.15, 0.2) is 0 Å². The monoisotopic (exact) mass is 274 g/mol. The molecular weight excluding hydrogens is 256 g/mol. The van der Waals surface area contributed by atoms with E-state index in [0.717, 1.165) is 25.8 Å².